The highest BCUT2D eigenvalue weighted by Gasteiger charge is 2.22. The first kappa shape index (κ1) is 10.9. The molecule has 3 heteroatoms. The van der Waals surface area contributed by atoms with Crippen molar-refractivity contribution in [1.82, 2.24) is 9.88 Å². The summed E-state index contributed by atoms with van der Waals surface area (Å²) in [5.74, 6) is 0. The lowest BCUT2D eigenvalue weighted by Crippen LogP contribution is -2.28. The first-order valence-corrected chi connectivity index (χ1v) is 6.03. The van der Waals surface area contributed by atoms with Gasteiger partial charge in [0.25, 0.3) is 0 Å². The number of rotatable bonds is 3. The second kappa shape index (κ2) is 4.95. The predicted octanol–water partition coefficient (Wildman–Crippen LogP) is 3.11. The summed E-state index contributed by atoms with van der Waals surface area (Å²) in [4.78, 5) is 6.84. The van der Waals surface area contributed by atoms with Gasteiger partial charge in [0.2, 0.25) is 0 Å². The first-order valence-electron chi connectivity index (χ1n) is 5.65. The number of hydrogen-bond acceptors (Lipinski definition) is 2. The molecule has 2 nitrogen and oxygen atoms in total. The van der Waals surface area contributed by atoms with Gasteiger partial charge in [0, 0.05) is 12.6 Å². The second-order valence-corrected chi connectivity index (χ2v) is 4.51. The zero-order chi connectivity index (χ0) is 10.7. The summed E-state index contributed by atoms with van der Waals surface area (Å²) < 4.78 is 0. The van der Waals surface area contributed by atoms with Crippen molar-refractivity contribution < 1.29 is 0 Å². The molecule has 0 spiro atoms. The van der Waals surface area contributed by atoms with Gasteiger partial charge in [-0.15, -0.1) is 0 Å². The van der Waals surface area contributed by atoms with Crippen molar-refractivity contribution in [3.05, 3.63) is 29.0 Å². The van der Waals surface area contributed by atoms with Crippen molar-refractivity contribution in [2.24, 2.45) is 0 Å². The Hall–Kier alpha value is -0.600. The van der Waals surface area contributed by atoms with E-state index in [1.165, 1.54) is 25.8 Å². The molecule has 1 aromatic heterocycles. The number of pyridine rings is 1. The van der Waals surface area contributed by atoms with Crippen LogP contribution in [0.5, 0.6) is 0 Å². The third-order valence-corrected chi connectivity index (χ3v) is 3.32. The fourth-order valence-corrected chi connectivity index (χ4v) is 2.49. The number of nitrogens with zero attached hydrogens (tertiary/aromatic N) is 2. The molecule has 0 aromatic carbocycles. The van der Waals surface area contributed by atoms with Crippen molar-refractivity contribution >= 4 is 11.6 Å². The average Bonchev–Trinajstić information content (AvgIpc) is 2.65. The zero-order valence-corrected chi connectivity index (χ0v) is 9.87. The van der Waals surface area contributed by atoms with Gasteiger partial charge in [0.1, 0.15) is 5.15 Å². The Balaban J connectivity index is 2.02. The molecule has 1 saturated heterocycles. The summed E-state index contributed by atoms with van der Waals surface area (Å²) in [7, 11) is 0. The summed E-state index contributed by atoms with van der Waals surface area (Å²) in [5, 5.41) is 0.597. The van der Waals surface area contributed by atoms with Crippen LogP contribution in [0.25, 0.3) is 0 Å². The summed E-state index contributed by atoms with van der Waals surface area (Å²) in [6.07, 6.45) is 3.89. The Morgan fingerprint density at radius 1 is 1.53 bits per heavy atom. The summed E-state index contributed by atoms with van der Waals surface area (Å²) in [6.45, 7) is 4.40. The molecule has 2 rings (SSSR count). The van der Waals surface area contributed by atoms with Gasteiger partial charge in [-0.1, -0.05) is 24.6 Å². The van der Waals surface area contributed by atoms with Gasteiger partial charge in [0.15, 0.2) is 0 Å². The van der Waals surface area contributed by atoms with Gasteiger partial charge in [-0.3, -0.25) is 4.90 Å². The molecule has 0 amide bonds. The maximum Gasteiger partial charge on any atom is 0.129 e. The molecule has 2 heterocycles. The van der Waals surface area contributed by atoms with E-state index in [2.05, 4.69) is 22.9 Å². The van der Waals surface area contributed by atoms with E-state index < -0.39 is 0 Å². The normalized spacial score (nSPS) is 22.1. The Morgan fingerprint density at radius 2 is 2.40 bits per heavy atom. The monoisotopic (exact) mass is 224 g/mol. The Labute approximate surface area is 96.3 Å². The second-order valence-electron chi connectivity index (χ2n) is 4.13. The molecule has 0 aliphatic carbocycles. The number of aromatic nitrogens is 1. The molecule has 0 radical (unpaired) electrons. The van der Waals surface area contributed by atoms with Gasteiger partial charge < -0.3 is 0 Å². The summed E-state index contributed by atoms with van der Waals surface area (Å²) >= 11 is 5.87. The van der Waals surface area contributed by atoms with E-state index >= 15 is 0 Å². The molecule has 0 N–H and O–H groups in total. The van der Waals surface area contributed by atoms with Gasteiger partial charge in [-0.2, -0.15) is 0 Å². The number of likely N-dealkylation sites (tertiary alicyclic amines) is 1. The molecule has 1 fully saturated rings. The van der Waals surface area contributed by atoms with Crippen molar-refractivity contribution in [2.75, 3.05) is 6.54 Å². The van der Waals surface area contributed by atoms with Crippen LogP contribution in [0.3, 0.4) is 0 Å². The van der Waals surface area contributed by atoms with Gasteiger partial charge in [-0.05, 0) is 37.9 Å². The summed E-state index contributed by atoms with van der Waals surface area (Å²) in [5.41, 5.74) is 1.09. The molecule has 1 aliphatic rings. The first-order chi connectivity index (χ1) is 7.29. The van der Waals surface area contributed by atoms with E-state index in [-0.39, 0.29) is 0 Å². The molecule has 1 aromatic rings. The summed E-state index contributed by atoms with van der Waals surface area (Å²) in [6, 6.07) is 6.59. The van der Waals surface area contributed by atoms with Gasteiger partial charge in [-0.25, -0.2) is 4.98 Å². The lowest BCUT2D eigenvalue weighted by molar-refractivity contribution is 0.237. The highest BCUT2D eigenvalue weighted by Crippen LogP contribution is 2.21. The SMILES string of the molecule is CCC1CCCN1Cc1cccc(Cl)n1. The molecular formula is C12H17ClN2. The Kier molecular flexibility index (Phi) is 3.60. The zero-order valence-electron chi connectivity index (χ0n) is 9.12. The van der Waals surface area contributed by atoms with Gasteiger partial charge >= 0.3 is 0 Å². The topological polar surface area (TPSA) is 16.1 Å². The lowest BCUT2D eigenvalue weighted by Gasteiger charge is -2.22. The third kappa shape index (κ3) is 2.70. The Bertz CT molecular complexity index is 327. The largest absolute Gasteiger partial charge is 0.295 e. The van der Waals surface area contributed by atoms with Crippen LogP contribution >= 0.6 is 11.6 Å². The molecule has 1 aliphatic heterocycles. The number of halogens is 1. The minimum absolute atomic E-state index is 0.597. The molecule has 15 heavy (non-hydrogen) atoms. The molecule has 1 atom stereocenters. The lowest BCUT2D eigenvalue weighted by atomic mass is 10.1. The van der Waals surface area contributed by atoms with E-state index in [1.807, 2.05) is 12.1 Å². The van der Waals surface area contributed by atoms with Crippen LogP contribution < -0.4 is 0 Å². The fourth-order valence-electron chi connectivity index (χ4n) is 2.31. The van der Waals surface area contributed by atoms with E-state index in [1.54, 1.807) is 0 Å². The quantitative estimate of drug-likeness (QED) is 0.734. The molecule has 0 saturated carbocycles. The highest BCUT2D eigenvalue weighted by atomic mass is 35.5. The van der Waals surface area contributed by atoms with Crippen LogP contribution in [-0.2, 0) is 6.54 Å². The standard InChI is InChI=1S/C12H17ClN2/c1-2-11-6-4-8-15(11)9-10-5-3-7-12(13)14-10/h3,5,7,11H,2,4,6,8-9H2,1H3. The maximum atomic E-state index is 5.87. The van der Waals surface area contributed by atoms with Crippen molar-refractivity contribution in [3.8, 4) is 0 Å². The molecule has 0 bridgehead atoms. The highest BCUT2D eigenvalue weighted by molar-refractivity contribution is 6.29. The third-order valence-electron chi connectivity index (χ3n) is 3.11. The van der Waals surface area contributed by atoms with Crippen LogP contribution in [0.1, 0.15) is 31.9 Å². The molecule has 1 unspecified atom stereocenters. The van der Waals surface area contributed by atoms with Crippen LogP contribution in [0.2, 0.25) is 5.15 Å². The van der Waals surface area contributed by atoms with Crippen molar-refractivity contribution in [2.45, 2.75) is 38.8 Å². The maximum absolute atomic E-state index is 5.87. The van der Waals surface area contributed by atoms with Crippen molar-refractivity contribution in [1.29, 1.82) is 0 Å². The van der Waals surface area contributed by atoms with E-state index in [4.69, 9.17) is 11.6 Å². The van der Waals surface area contributed by atoms with Crippen LogP contribution in [-0.4, -0.2) is 22.5 Å². The molecular weight excluding hydrogens is 208 g/mol. The van der Waals surface area contributed by atoms with E-state index in [9.17, 15) is 0 Å². The van der Waals surface area contributed by atoms with Crippen LogP contribution in [0.4, 0.5) is 0 Å². The molecule has 82 valence electrons. The van der Waals surface area contributed by atoms with Crippen molar-refractivity contribution in [3.63, 3.8) is 0 Å². The minimum atomic E-state index is 0.597. The average molecular weight is 225 g/mol. The van der Waals surface area contributed by atoms with Gasteiger partial charge in [0.05, 0.1) is 5.69 Å². The van der Waals surface area contributed by atoms with Crippen LogP contribution in [0.15, 0.2) is 18.2 Å². The van der Waals surface area contributed by atoms with E-state index in [0.717, 1.165) is 18.3 Å². The van der Waals surface area contributed by atoms with E-state index in [0.29, 0.717) is 5.15 Å². The predicted molar refractivity (Wildman–Crippen MR) is 63.0 cm³/mol. The fraction of sp³-hybridized carbons (Fsp3) is 0.583. The van der Waals surface area contributed by atoms with Crippen LogP contribution in [0, 0.1) is 0 Å². The number of hydrogen-bond donors (Lipinski definition) is 0. The minimum Gasteiger partial charge on any atom is -0.295 e. The smallest absolute Gasteiger partial charge is 0.129 e. The Morgan fingerprint density at radius 3 is 3.13 bits per heavy atom.